The van der Waals surface area contributed by atoms with Crippen LogP contribution in [-0.2, 0) is 11.2 Å². The van der Waals surface area contributed by atoms with Gasteiger partial charge >= 0.3 is 0 Å². The standard InChI is InChI=1S/C22H25N3O2/c1-2-3-6-19-21(22(26)25-13-5-4-7-20(25)24-19)16-8-10-17(11-9-16)23-18-12-14-27-15-18/h4-5,7-11,13,18,23H,2-3,6,12,14-15H2,1H3. The Bertz CT molecular complexity index is 973. The molecule has 1 saturated heterocycles. The minimum Gasteiger partial charge on any atom is -0.380 e. The van der Waals surface area contributed by atoms with E-state index in [4.69, 9.17) is 9.72 Å². The lowest BCUT2D eigenvalue weighted by molar-refractivity contribution is 0.195. The molecule has 5 nitrogen and oxygen atoms in total. The molecule has 0 spiro atoms. The number of hydrogen-bond donors (Lipinski definition) is 1. The highest BCUT2D eigenvalue weighted by atomic mass is 16.5. The van der Waals surface area contributed by atoms with E-state index in [1.165, 1.54) is 0 Å². The van der Waals surface area contributed by atoms with Crippen LogP contribution in [0.15, 0.2) is 53.5 Å². The zero-order valence-electron chi connectivity index (χ0n) is 15.6. The van der Waals surface area contributed by atoms with Gasteiger partial charge in [-0.05, 0) is 49.1 Å². The van der Waals surface area contributed by atoms with Gasteiger partial charge in [0.2, 0.25) is 0 Å². The molecule has 1 aromatic carbocycles. The lowest BCUT2D eigenvalue weighted by Gasteiger charge is -2.14. The van der Waals surface area contributed by atoms with E-state index in [2.05, 4.69) is 12.2 Å². The summed E-state index contributed by atoms with van der Waals surface area (Å²) in [4.78, 5) is 18.0. The molecule has 27 heavy (non-hydrogen) atoms. The molecule has 1 aliphatic rings. The van der Waals surface area contributed by atoms with E-state index < -0.39 is 0 Å². The van der Waals surface area contributed by atoms with E-state index in [1.807, 2.05) is 42.5 Å². The molecule has 5 heteroatoms. The number of rotatable bonds is 6. The molecule has 2 aromatic heterocycles. The number of nitrogens with one attached hydrogen (secondary N) is 1. The Labute approximate surface area is 159 Å². The highest BCUT2D eigenvalue weighted by Crippen LogP contribution is 2.24. The molecule has 1 fully saturated rings. The quantitative estimate of drug-likeness (QED) is 0.721. The summed E-state index contributed by atoms with van der Waals surface area (Å²) < 4.78 is 7.05. The van der Waals surface area contributed by atoms with Gasteiger partial charge in [0.15, 0.2) is 0 Å². The average Bonchev–Trinajstić information content (AvgIpc) is 3.20. The van der Waals surface area contributed by atoms with E-state index in [1.54, 1.807) is 10.6 Å². The average molecular weight is 363 g/mol. The Balaban J connectivity index is 1.72. The van der Waals surface area contributed by atoms with Gasteiger partial charge in [-0.1, -0.05) is 31.5 Å². The number of nitrogens with zero attached hydrogens (tertiary/aromatic N) is 2. The van der Waals surface area contributed by atoms with Crippen LogP contribution in [-0.4, -0.2) is 28.6 Å². The number of fused-ring (bicyclic) bond motifs is 1. The molecule has 0 amide bonds. The van der Waals surface area contributed by atoms with Crippen molar-refractivity contribution < 1.29 is 4.74 Å². The smallest absolute Gasteiger partial charge is 0.265 e. The first-order valence-electron chi connectivity index (χ1n) is 9.71. The summed E-state index contributed by atoms with van der Waals surface area (Å²) in [5.74, 6) is 0. The Morgan fingerprint density at radius 2 is 2.07 bits per heavy atom. The number of unbranched alkanes of at least 4 members (excludes halogenated alkanes) is 1. The summed E-state index contributed by atoms with van der Waals surface area (Å²) in [6.07, 6.45) is 5.71. The fraction of sp³-hybridized carbons (Fsp3) is 0.364. The van der Waals surface area contributed by atoms with Crippen LogP contribution < -0.4 is 10.9 Å². The maximum atomic E-state index is 13.2. The van der Waals surface area contributed by atoms with Gasteiger partial charge in [-0.15, -0.1) is 0 Å². The number of benzene rings is 1. The van der Waals surface area contributed by atoms with Crippen molar-refractivity contribution in [3.63, 3.8) is 0 Å². The van der Waals surface area contributed by atoms with Gasteiger partial charge in [0.1, 0.15) is 5.65 Å². The number of hydrogen-bond acceptors (Lipinski definition) is 4. The monoisotopic (exact) mass is 363 g/mol. The van der Waals surface area contributed by atoms with E-state index in [0.29, 0.717) is 17.3 Å². The minimum atomic E-state index is -0.00314. The van der Waals surface area contributed by atoms with Gasteiger partial charge in [0, 0.05) is 18.5 Å². The number of aryl methyl sites for hydroxylation is 1. The Morgan fingerprint density at radius 1 is 1.22 bits per heavy atom. The maximum Gasteiger partial charge on any atom is 0.265 e. The Kier molecular flexibility index (Phi) is 5.21. The highest BCUT2D eigenvalue weighted by molar-refractivity contribution is 5.69. The van der Waals surface area contributed by atoms with E-state index in [9.17, 15) is 4.79 Å². The molecule has 3 aromatic rings. The summed E-state index contributed by atoms with van der Waals surface area (Å²) in [7, 11) is 0. The topological polar surface area (TPSA) is 55.6 Å². The normalized spacial score (nSPS) is 16.7. The van der Waals surface area contributed by atoms with Crippen LogP contribution in [0.5, 0.6) is 0 Å². The van der Waals surface area contributed by atoms with Crippen LogP contribution in [0.3, 0.4) is 0 Å². The predicted molar refractivity (Wildman–Crippen MR) is 108 cm³/mol. The fourth-order valence-corrected chi connectivity index (χ4v) is 3.57. The van der Waals surface area contributed by atoms with Gasteiger partial charge in [-0.3, -0.25) is 9.20 Å². The molecule has 0 bridgehead atoms. The maximum absolute atomic E-state index is 13.2. The third-order valence-electron chi connectivity index (χ3n) is 5.05. The molecular formula is C22H25N3O2. The molecule has 1 aliphatic heterocycles. The summed E-state index contributed by atoms with van der Waals surface area (Å²) >= 11 is 0. The second kappa shape index (κ2) is 7.92. The Morgan fingerprint density at radius 3 is 2.81 bits per heavy atom. The van der Waals surface area contributed by atoms with Crippen molar-refractivity contribution in [2.75, 3.05) is 18.5 Å². The zero-order chi connectivity index (χ0) is 18.6. The lowest BCUT2D eigenvalue weighted by atomic mass is 10.0. The van der Waals surface area contributed by atoms with Gasteiger partial charge in [0.05, 0.1) is 23.9 Å². The molecule has 3 heterocycles. The van der Waals surface area contributed by atoms with Gasteiger partial charge in [-0.2, -0.15) is 0 Å². The third-order valence-corrected chi connectivity index (χ3v) is 5.05. The molecule has 1 N–H and O–H groups in total. The van der Waals surface area contributed by atoms with Crippen molar-refractivity contribution in [3.8, 4) is 11.1 Å². The van der Waals surface area contributed by atoms with Crippen LogP contribution in [0, 0.1) is 0 Å². The van der Waals surface area contributed by atoms with E-state index in [-0.39, 0.29) is 5.56 Å². The first-order chi connectivity index (χ1) is 13.3. The van der Waals surface area contributed by atoms with Crippen molar-refractivity contribution in [2.24, 2.45) is 0 Å². The zero-order valence-corrected chi connectivity index (χ0v) is 15.6. The van der Waals surface area contributed by atoms with Crippen LogP contribution in [0.2, 0.25) is 0 Å². The van der Waals surface area contributed by atoms with Crippen LogP contribution in [0.1, 0.15) is 31.9 Å². The third kappa shape index (κ3) is 3.74. The molecular weight excluding hydrogens is 338 g/mol. The van der Waals surface area contributed by atoms with Crippen molar-refractivity contribution in [1.29, 1.82) is 0 Å². The first-order valence-corrected chi connectivity index (χ1v) is 9.71. The minimum absolute atomic E-state index is 0.00314. The molecule has 140 valence electrons. The fourth-order valence-electron chi connectivity index (χ4n) is 3.57. The predicted octanol–water partition coefficient (Wildman–Crippen LogP) is 3.90. The van der Waals surface area contributed by atoms with Crippen molar-refractivity contribution in [2.45, 2.75) is 38.6 Å². The molecule has 0 saturated carbocycles. The van der Waals surface area contributed by atoms with Crippen molar-refractivity contribution >= 4 is 11.3 Å². The van der Waals surface area contributed by atoms with Gasteiger partial charge in [-0.25, -0.2) is 4.98 Å². The summed E-state index contributed by atoms with van der Waals surface area (Å²) in [6, 6.07) is 14.1. The first kappa shape index (κ1) is 17.7. The second-order valence-electron chi connectivity index (χ2n) is 7.05. The summed E-state index contributed by atoms with van der Waals surface area (Å²) in [5.41, 5.74) is 4.28. The highest BCUT2D eigenvalue weighted by Gasteiger charge is 2.17. The van der Waals surface area contributed by atoms with Crippen molar-refractivity contribution in [1.82, 2.24) is 9.38 Å². The molecule has 1 atom stereocenters. The molecule has 0 aliphatic carbocycles. The summed E-state index contributed by atoms with van der Waals surface area (Å²) in [5, 5.41) is 3.49. The summed E-state index contributed by atoms with van der Waals surface area (Å²) in [6.45, 7) is 3.72. The van der Waals surface area contributed by atoms with Crippen LogP contribution >= 0.6 is 0 Å². The lowest BCUT2D eigenvalue weighted by Crippen LogP contribution is -2.20. The number of ether oxygens (including phenoxy) is 1. The number of anilines is 1. The molecule has 0 radical (unpaired) electrons. The van der Waals surface area contributed by atoms with Crippen LogP contribution in [0.4, 0.5) is 5.69 Å². The number of aromatic nitrogens is 2. The van der Waals surface area contributed by atoms with Crippen molar-refractivity contribution in [3.05, 3.63) is 64.7 Å². The Hall–Kier alpha value is -2.66. The van der Waals surface area contributed by atoms with E-state index >= 15 is 0 Å². The van der Waals surface area contributed by atoms with Crippen LogP contribution in [0.25, 0.3) is 16.8 Å². The van der Waals surface area contributed by atoms with Gasteiger partial charge < -0.3 is 10.1 Å². The molecule has 4 rings (SSSR count). The number of pyridine rings is 1. The van der Waals surface area contributed by atoms with Gasteiger partial charge in [0.25, 0.3) is 5.56 Å². The SMILES string of the molecule is CCCCc1nc2ccccn2c(=O)c1-c1ccc(NC2CCOC2)cc1. The largest absolute Gasteiger partial charge is 0.380 e. The second-order valence-corrected chi connectivity index (χ2v) is 7.05. The molecule has 1 unspecified atom stereocenters. The van der Waals surface area contributed by atoms with E-state index in [0.717, 1.165) is 55.8 Å².